The number of benzene rings is 14. The molecule has 0 N–H and O–H groups in total. The smallest absolute Gasteiger partial charge is 0.0725 e. The molecule has 83 heavy (non-hydrogen) atoms. The Balaban J connectivity index is 0.713. The first-order valence-corrected chi connectivity index (χ1v) is 28.9. The normalized spacial score (nSPS) is 12.9. The van der Waals surface area contributed by atoms with Crippen LogP contribution in [0.25, 0.3) is 143 Å². The lowest BCUT2D eigenvalue weighted by Crippen LogP contribution is -2.26. The standard InChI is InChI=1S/C81H50N2/c1-3-19-61-55(15-1)17-13-29-75(61)82-77-27-11-7-23-67(77)69-47-57(41-45-79(69)82)51-31-35-53(36-32-51)59-39-43-65-66-44-40-60(50-74(66)81(73(65)49-59)71-25-9-5-21-63(71)64-22-6-10-26-72(64)81)54-37-33-52(34-38-54)58-42-46-80-70(48-58)68-24-8-12-28-78(68)83(80)76-30-14-18-56-16-2-4-20-62(56)76/h1-50H. The summed E-state index contributed by atoms with van der Waals surface area (Å²) in [4.78, 5) is 0. The highest BCUT2D eigenvalue weighted by molar-refractivity contribution is 6.13. The molecule has 1 spiro atoms. The summed E-state index contributed by atoms with van der Waals surface area (Å²) in [5, 5.41) is 9.99. The lowest BCUT2D eigenvalue weighted by Gasteiger charge is -2.31. The third kappa shape index (κ3) is 6.61. The van der Waals surface area contributed by atoms with Gasteiger partial charge in [-0.1, -0.05) is 243 Å². The summed E-state index contributed by atoms with van der Waals surface area (Å²) in [6.45, 7) is 0. The molecule has 2 aliphatic carbocycles. The van der Waals surface area contributed by atoms with Gasteiger partial charge in [0, 0.05) is 32.3 Å². The number of hydrogen-bond donors (Lipinski definition) is 0. The molecule has 18 rings (SSSR count). The Bertz CT molecular complexity index is 5030. The van der Waals surface area contributed by atoms with Crippen LogP contribution in [0.5, 0.6) is 0 Å². The molecule has 2 heterocycles. The van der Waals surface area contributed by atoms with Gasteiger partial charge in [0.05, 0.1) is 38.9 Å². The molecule has 14 aromatic carbocycles. The first-order valence-electron chi connectivity index (χ1n) is 28.9. The Morgan fingerprint density at radius 1 is 0.193 bits per heavy atom. The van der Waals surface area contributed by atoms with Crippen LogP contribution in [0.1, 0.15) is 22.3 Å². The molecular weight excluding hydrogens is 1000 g/mol. The van der Waals surface area contributed by atoms with Crippen molar-refractivity contribution in [3.05, 3.63) is 326 Å². The average molecular weight is 1050 g/mol. The summed E-state index contributed by atoms with van der Waals surface area (Å²) >= 11 is 0. The molecule has 0 bridgehead atoms. The molecular formula is C81H50N2. The monoisotopic (exact) mass is 1050 g/mol. The minimum absolute atomic E-state index is 0.495. The zero-order valence-electron chi connectivity index (χ0n) is 45.3. The molecule has 0 aliphatic heterocycles. The number of hydrogen-bond acceptors (Lipinski definition) is 0. The Morgan fingerprint density at radius 2 is 0.506 bits per heavy atom. The summed E-state index contributed by atoms with van der Waals surface area (Å²) in [5.41, 5.74) is 26.9. The van der Waals surface area contributed by atoms with E-state index in [9.17, 15) is 0 Å². The number of nitrogens with zero attached hydrogens (tertiary/aromatic N) is 2. The Hall–Kier alpha value is -10.8. The van der Waals surface area contributed by atoms with E-state index in [1.54, 1.807) is 0 Å². The van der Waals surface area contributed by atoms with Crippen molar-refractivity contribution < 1.29 is 0 Å². The van der Waals surface area contributed by atoms with Crippen LogP contribution in [0.3, 0.4) is 0 Å². The van der Waals surface area contributed by atoms with Crippen LogP contribution >= 0.6 is 0 Å². The molecule has 384 valence electrons. The lowest BCUT2D eigenvalue weighted by molar-refractivity contribution is 0.794. The van der Waals surface area contributed by atoms with Crippen molar-refractivity contribution in [1.82, 2.24) is 9.13 Å². The second-order valence-corrected chi connectivity index (χ2v) is 22.7. The second kappa shape index (κ2) is 17.6. The second-order valence-electron chi connectivity index (χ2n) is 22.7. The highest BCUT2D eigenvalue weighted by Gasteiger charge is 2.51. The lowest BCUT2D eigenvalue weighted by atomic mass is 9.70. The molecule has 0 unspecified atom stereocenters. The fourth-order valence-corrected chi connectivity index (χ4v) is 14.8. The van der Waals surface area contributed by atoms with Crippen LogP contribution in [0.2, 0.25) is 0 Å². The van der Waals surface area contributed by atoms with E-state index in [4.69, 9.17) is 0 Å². The predicted molar refractivity (Wildman–Crippen MR) is 348 cm³/mol. The third-order valence-electron chi connectivity index (χ3n) is 18.6. The van der Waals surface area contributed by atoms with Gasteiger partial charge in [0.2, 0.25) is 0 Å². The van der Waals surface area contributed by atoms with Gasteiger partial charge in [-0.25, -0.2) is 0 Å². The van der Waals surface area contributed by atoms with E-state index in [2.05, 4.69) is 312 Å². The van der Waals surface area contributed by atoms with Gasteiger partial charge in [0.25, 0.3) is 0 Å². The fraction of sp³-hybridized carbons (Fsp3) is 0.0123. The van der Waals surface area contributed by atoms with Gasteiger partial charge in [-0.3, -0.25) is 0 Å². The summed E-state index contributed by atoms with van der Waals surface area (Å²) in [5.74, 6) is 0. The van der Waals surface area contributed by atoms with E-state index in [-0.39, 0.29) is 0 Å². The summed E-state index contributed by atoms with van der Waals surface area (Å²) < 4.78 is 4.88. The van der Waals surface area contributed by atoms with Gasteiger partial charge in [0.15, 0.2) is 0 Å². The molecule has 16 aromatic rings. The quantitative estimate of drug-likeness (QED) is 0.157. The van der Waals surface area contributed by atoms with Crippen LogP contribution < -0.4 is 0 Å². The van der Waals surface area contributed by atoms with Crippen LogP contribution in [-0.2, 0) is 5.41 Å². The maximum atomic E-state index is 2.50. The fourth-order valence-electron chi connectivity index (χ4n) is 14.8. The Labute approximate surface area is 480 Å². The zero-order chi connectivity index (χ0) is 54.3. The van der Waals surface area contributed by atoms with E-state index in [1.807, 2.05) is 0 Å². The Kier molecular flexibility index (Phi) is 9.75. The first-order chi connectivity index (χ1) is 41.2. The molecule has 2 nitrogen and oxygen atoms in total. The zero-order valence-corrected chi connectivity index (χ0v) is 45.3. The molecule has 0 fully saturated rings. The molecule has 2 heteroatoms. The minimum atomic E-state index is -0.495. The highest BCUT2D eigenvalue weighted by Crippen LogP contribution is 2.63. The van der Waals surface area contributed by atoms with Gasteiger partial charge < -0.3 is 9.13 Å². The van der Waals surface area contributed by atoms with Crippen molar-refractivity contribution in [3.8, 4) is 78.1 Å². The van der Waals surface area contributed by atoms with Crippen molar-refractivity contribution in [2.24, 2.45) is 0 Å². The SMILES string of the molecule is c1ccc2c(c1)-c1ccccc1C21c2cc(-c3ccc(-c4ccc5c(c4)c4ccccc4n5-c4cccc5ccccc45)cc3)ccc2-c2ccc(-c3ccc(-c4ccc5c(c4)c4ccccc4n5-c4cccc5ccccc45)cc3)cc21. The van der Waals surface area contributed by atoms with Crippen LogP contribution in [0.15, 0.2) is 303 Å². The summed E-state index contributed by atoms with van der Waals surface area (Å²) in [7, 11) is 0. The molecule has 0 saturated heterocycles. The minimum Gasteiger partial charge on any atom is -0.309 e. The molecule has 2 aromatic heterocycles. The summed E-state index contributed by atoms with van der Waals surface area (Å²) in [6.07, 6.45) is 0. The summed E-state index contributed by atoms with van der Waals surface area (Å²) in [6, 6.07) is 113. The third-order valence-corrected chi connectivity index (χ3v) is 18.6. The van der Waals surface area contributed by atoms with Crippen molar-refractivity contribution >= 4 is 65.2 Å². The number of para-hydroxylation sites is 2. The van der Waals surface area contributed by atoms with Crippen LogP contribution in [0, 0.1) is 0 Å². The molecule has 0 atom stereocenters. The number of fused-ring (bicyclic) bond motifs is 18. The number of aromatic nitrogens is 2. The van der Waals surface area contributed by atoms with Crippen molar-refractivity contribution in [1.29, 1.82) is 0 Å². The van der Waals surface area contributed by atoms with Crippen molar-refractivity contribution in [2.45, 2.75) is 5.41 Å². The van der Waals surface area contributed by atoms with Crippen molar-refractivity contribution in [2.75, 3.05) is 0 Å². The molecule has 2 aliphatic rings. The highest BCUT2D eigenvalue weighted by atomic mass is 15.0. The van der Waals surface area contributed by atoms with E-state index >= 15 is 0 Å². The van der Waals surface area contributed by atoms with Gasteiger partial charge >= 0.3 is 0 Å². The first kappa shape index (κ1) is 46.0. The van der Waals surface area contributed by atoms with E-state index < -0.39 is 5.41 Å². The van der Waals surface area contributed by atoms with E-state index in [0.29, 0.717) is 0 Å². The van der Waals surface area contributed by atoms with E-state index in [0.717, 1.165) is 0 Å². The Morgan fingerprint density at radius 3 is 0.952 bits per heavy atom. The van der Waals surface area contributed by atoms with Gasteiger partial charge in [-0.05, 0) is 160 Å². The van der Waals surface area contributed by atoms with Gasteiger partial charge in [0.1, 0.15) is 0 Å². The molecule has 0 saturated carbocycles. The van der Waals surface area contributed by atoms with Crippen molar-refractivity contribution in [3.63, 3.8) is 0 Å². The predicted octanol–water partition coefficient (Wildman–Crippen LogP) is 21.2. The largest absolute Gasteiger partial charge is 0.309 e. The topological polar surface area (TPSA) is 9.86 Å². The van der Waals surface area contributed by atoms with Crippen LogP contribution in [0.4, 0.5) is 0 Å². The maximum Gasteiger partial charge on any atom is 0.0725 e. The average Bonchev–Trinajstić information content (AvgIpc) is 2.26. The van der Waals surface area contributed by atoms with E-state index in [1.165, 1.54) is 166 Å². The molecule has 0 radical (unpaired) electrons. The number of rotatable bonds is 6. The van der Waals surface area contributed by atoms with Gasteiger partial charge in [-0.15, -0.1) is 0 Å². The maximum absolute atomic E-state index is 2.50. The molecule has 0 amide bonds. The van der Waals surface area contributed by atoms with Gasteiger partial charge in [-0.2, -0.15) is 0 Å². The van der Waals surface area contributed by atoms with Crippen LogP contribution in [-0.4, -0.2) is 9.13 Å².